The molecule has 1 aliphatic carbocycles. The number of nitrogens with two attached hydrogens (primary N) is 1. The molecule has 4 aromatic rings. The molecule has 0 spiro atoms. The summed E-state index contributed by atoms with van der Waals surface area (Å²) < 4.78 is 70.6. The Bertz CT molecular complexity index is 1800. The summed E-state index contributed by atoms with van der Waals surface area (Å²) in [6, 6.07) is 8.67. The van der Waals surface area contributed by atoms with E-state index in [4.69, 9.17) is 15.2 Å². The fourth-order valence-corrected chi connectivity index (χ4v) is 5.18. The zero-order valence-electron chi connectivity index (χ0n) is 23.5. The molecule has 0 unspecified atom stereocenters. The molecule has 10 nitrogen and oxygen atoms in total. The Morgan fingerprint density at radius 2 is 1.91 bits per heavy atom. The molecule has 0 saturated heterocycles. The van der Waals surface area contributed by atoms with Gasteiger partial charge in [0.1, 0.15) is 40.5 Å². The van der Waals surface area contributed by atoms with Crippen molar-refractivity contribution in [1.29, 1.82) is 0 Å². The Balaban J connectivity index is 1.40. The van der Waals surface area contributed by atoms with E-state index in [0.717, 1.165) is 31.0 Å². The number of nitrogens with one attached hydrogen (secondary N) is 1. The van der Waals surface area contributed by atoms with Crippen LogP contribution in [0.4, 0.5) is 17.6 Å². The molecule has 3 heterocycles. The van der Waals surface area contributed by atoms with Gasteiger partial charge in [-0.05, 0) is 62.2 Å². The average molecular weight is 614 g/mol. The van der Waals surface area contributed by atoms with Crippen molar-refractivity contribution in [3.63, 3.8) is 0 Å². The second-order valence-corrected chi connectivity index (χ2v) is 11.2. The first-order valence-corrected chi connectivity index (χ1v) is 13.6. The number of methoxy groups -OCH3 is 1. The Kier molecular flexibility index (Phi) is 6.79. The number of hydrogen-bond donors (Lipinski definition) is 3. The maximum absolute atomic E-state index is 14.7. The van der Waals surface area contributed by atoms with Crippen molar-refractivity contribution in [2.45, 2.75) is 43.0 Å². The predicted octanol–water partition coefficient (Wildman–Crippen LogP) is 3.90. The molecule has 230 valence electrons. The van der Waals surface area contributed by atoms with Crippen molar-refractivity contribution in [2.75, 3.05) is 20.3 Å². The van der Waals surface area contributed by atoms with Crippen molar-refractivity contribution in [1.82, 2.24) is 20.1 Å². The fourth-order valence-electron chi connectivity index (χ4n) is 5.18. The number of carbonyl (C=O) groups is 2. The van der Waals surface area contributed by atoms with E-state index in [2.05, 4.69) is 15.4 Å². The molecular weight excluding hydrogens is 586 g/mol. The number of halogens is 4. The van der Waals surface area contributed by atoms with E-state index in [9.17, 15) is 32.3 Å². The standard InChI is InChI=1S/C30H27F4N5O5/c1-28(27(35)41)14-44-25-20(28)11-22(37-24(25)15-3-5-18(31)6-4-15)29(42,30(32,33)34)13-36-26(40)16-9-17-12-39(19-7-8-19)38-23(17)21(10-16)43-2/h3-6,9-12,19,42H,7-8,13-14H2,1-2H3,(H2,35,41)(H,36,40)/t28-,29-/m0/s1. The SMILES string of the molecule is COc1cc(C(=O)NC[C@](O)(c2cc3c(c(-c4ccc(F)cc4)n2)OC[C@]3(C)C(N)=O)C(F)(F)F)cc2cn(C3CC3)nc12. The molecule has 1 saturated carbocycles. The Hall–Kier alpha value is -4.72. The minimum Gasteiger partial charge on any atom is -0.494 e. The molecule has 0 bridgehead atoms. The first kappa shape index (κ1) is 29.4. The van der Waals surface area contributed by atoms with Gasteiger partial charge >= 0.3 is 6.18 Å². The van der Waals surface area contributed by atoms with Crippen LogP contribution in [-0.2, 0) is 15.8 Å². The summed E-state index contributed by atoms with van der Waals surface area (Å²) in [6.07, 6.45) is -1.69. The number of alkyl halides is 3. The van der Waals surface area contributed by atoms with Crippen LogP contribution in [0.15, 0.2) is 48.7 Å². The highest BCUT2D eigenvalue weighted by molar-refractivity contribution is 6.00. The maximum Gasteiger partial charge on any atom is 0.424 e. The van der Waals surface area contributed by atoms with Gasteiger partial charge in [-0.3, -0.25) is 14.3 Å². The van der Waals surface area contributed by atoms with E-state index >= 15 is 0 Å². The lowest BCUT2D eigenvalue weighted by atomic mass is 9.81. The Morgan fingerprint density at radius 3 is 2.52 bits per heavy atom. The molecule has 2 aliphatic rings. The first-order chi connectivity index (χ1) is 20.7. The third-order valence-electron chi connectivity index (χ3n) is 8.13. The van der Waals surface area contributed by atoms with E-state index in [1.54, 1.807) is 10.9 Å². The summed E-state index contributed by atoms with van der Waals surface area (Å²) in [7, 11) is 1.39. The summed E-state index contributed by atoms with van der Waals surface area (Å²) in [5.41, 5.74) is -0.156. The molecule has 14 heteroatoms. The highest BCUT2D eigenvalue weighted by Crippen LogP contribution is 2.47. The van der Waals surface area contributed by atoms with Crippen LogP contribution in [0.25, 0.3) is 22.2 Å². The second-order valence-electron chi connectivity index (χ2n) is 11.2. The van der Waals surface area contributed by atoms with Crippen molar-refractivity contribution in [3.8, 4) is 22.8 Å². The zero-order chi connectivity index (χ0) is 31.6. The van der Waals surface area contributed by atoms with Crippen LogP contribution < -0.4 is 20.5 Å². The fraction of sp³-hybridized carbons (Fsp3) is 0.333. The van der Waals surface area contributed by atoms with E-state index in [1.165, 1.54) is 38.3 Å². The van der Waals surface area contributed by atoms with Crippen LogP contribution in [0.5, 0.6) is 11.5 Å². The lowest BCUT2D eigenvalue weighted by molar-refractivity contribution is -0.265. The number of carbonyl (C=O) groups excluding carboxylic acids is 2. The smallest absolute Gasteiger partial charge is 0.424 e. The van der Waals surface area contributed by atoms with Crippen molar-refractivity contribution >= 4 is 22.7 Å². The van der Waals surface area contributed by atoms with Gasteiger partial charge in [-0.1, -0.05) is 0 Å². The number of nitrogens with zero attached hydrogens (tertiary/aromatic N) is 3. The van der Waals surface area contributed by atoms with Gasteiger partial charge in [0.2, 0.25) is 11.5 Å². The van der Waals surface area contributed by atoms with Crippen LogP contribution in [0.3, 0.4) is 0 Å². The number of pyridine rings is 1. The van der Waals surface area contributed by atoms with Gasteiger partial charge in [-0.25, -0.2) is 9.37 Å². The number of rotatable bonds is 8. The number of hydrogen-bond acceptors (Lipinski definition) is 7. The van der Waals surface area contributed by atoms with Gasteiger partial charge in [0.15, 0.2) is 0 Å². The highest BCUT2D eigenvalue weighted by Gasteiger charge is 2.57. The molecule has 6 rings (SSSR count). The molecule has 0 radical (unpaired) electrons. The second kappa shape index (κ2) is 10.2. The summed E-state index contributed by atoms with van der Waals surface area (Å²) in [6.45, 7) is -0.234. The molecule has 1 aliphatic heterocycles. The number of amides is 2. The van der Waals surface area contributed by atoms with Crippen molar-refractivity contribution in [3.05, 3.63) is 71.3 Å². The maximum atomic E-state index is 14.7. The van der Waals surface area contributed by atoms with Crippen LogP contribution >= 0.6 is 0 Å². The number of aromatic nitrogens is 3. The van der Waals surface area contributed by atoms with E-state index in [0.29, 0.717) is 10.9 Å². The zero-order valence-corrected chi connectivity index (χ0v) is 23.5. The van der Waals surface area contributed by atoms with Crippen LogP contribution in [0.2, 0.25) is 0 Å². The normalized spacial score (nSPS) is 19.2. The molecular formula is C30H27F4N5O5. The third-order valence-corrected chi connectivity index (χ3v) is 8.13. The molecule has 2 amide bonds. The minimum absolute atomic E-state index is 0.0159. The van der Waals surface area contributed by atoms with E-state index in [1.807, 2.05) is 0 Å². The lowest BCUT2D eigenvalue weighted by Crippen LogP contribution is -2.51. The molecule has 2 aromatic carbocycles. The van der Waals surface area contributed by atoms with Gasteiger partial charge in [-0.15, -0.1) is 0 Å². The Labute approximate surface area is 247 Å². The van der Waals surface area contributed by atoms with Gasteiger partial charge < -0.3 is 25.6 Å². The average Bonchev–Trinajstić information content (AvgIpc) is 3.65. The number of aliphatic hydroxyl groups is 1. The van der Waals surface area contributed by atoms with Gasteiger partial charge in [0.25, 0.3) is 5.91 Å². The molecule has 4 N–H and O–H groups in total. The van der Waals surface area contributed by atoms with Crippen LogP contribution in [-0.4, -0.2) is 58.1 Å². The van der Waals surface area contributed by atoms with Gasteiger partial charge in [-0.2, -0.15) is 18.3 Å². The van der Waals surface area contributed by atoms with E-state index in [-0.39, 0.29) is 46.5 Å². The van der Waals surface area contributed by atoms with Crippen LogP contribution in [0, 0.1) is 5.82 Å². The quantitative estimate of drug-likeness (QED) is 0.256. The van der Waals surface area contributed by atoms with E-state index < -0.39 is 47.1 Å². The largest absolute Gasteiger partial charge is 0.494 e. The summed E-state index contributed by atoms with van der Waals surface area (Å²) in [4.78, 5) is 29.7. The topological polar surface area (TPSA) is 142 Å². The molecule has 44 heavy (non-hydrogen) atoms. The third kappa shape index (κ3) is 4.78. The lowest BCUT2D eigenvalue weighted by Gasteiger charge is -2.31. The predicted molar refractivity (Wildman–Crippen MR) is 149 cm³/mol. The molecule has 1 fully saturated rings. The number of fused-ring (bicyclic) bond motifs is 2. The summed E-state index contributed by atoms with van der Waals surface area (Å²) in [5.74, 6) is -2.17. The van der Waals surface area contributed by atoms with Gasteiger partial charge in [0.05, 0.1) is 25.4 Å². The van der Waals surface area contributed by atoms with Gasteiger partial charge in [0, 0.05) is 28.3 Å². The summed E-state index contributed by atoms with van der Waals surface area (Å²) >= 11 is 0. The number of primary amides is 1. The van der Waals surface area contributed by atoms with Crippen molar-refractivity contribution in [2.24, 2.45) is 5.73 Å². The Morgan fingerprint density at radius 1 is 1.20 bits per heavy atom. The summed E-state index contributed by atoms with van der Waals surface area (Å²) in [5, 5.41) is 18.5. The van der Waals surface area contributed by atoms with Crippen molar-refractivity contribution < 1.29 is 41.7 Å². The molecule has 2 atom stereocenters. The first-order valence-electron chi connectivity index (χ1n) is 13.6. The monoisotopic (exact) mass is 613 g/mol. The molecule has 2 aromatic heterocycles. The number of ether oxygens (including phenoxy) is 2. The highest BCUT2D eigenvalue weighted by atomic mass is 19.4. The minimum atomic E-state index is -5.35. The number of benzene rings is 2. The van der Waals surface area contributed by atoms with Crippen LogP contribution in [0.1, 0.15) is 47.4 Å².